The third-order valence-corrected chi connectivity index (χ3v) is 4.12. The van der Waals surface area contributed by atoms with Crippen LogP contribution in [-0.2, 0) is 6.42 Å². The molecule has 102 valence electrons. The molecule has 1 atom stereocenters. The zero-order chi connectivity index (χ0) is 13.4. The molecule has 0 amide bonds. The fourth-order valence-corrected chi connectivity index (χ4v) is 3.26. The minimum atomic E-state index is -0.243. The van der Waals surface area contributed by atoms with E-state index >= 15 is 0 Å². The minimum absolute atomic E-state index is 0.243. The maximum Gasteiger partial charge on any atom is 0.292 e. The van der Waals surface area contributed by atoms with Crippen molar-refractivity contribution in [3.8, 4) is 0 Å². The number of anilines is 2. The van der Waals surface area contributed by atoms with Gasteiger partial charge in [-0.1, -0.05) is 6.92 Å². The van der Waals surface area contributed by atoms with E-state index in [1.807, 2.05) is 6.07 Å². The fourth-order valence-electron chi connectivity index (χ4n) is 3.26. The Bertz CT molecular complexity index is 516. The lowest BCUT2D eigenvalue weighted by molar-refractivity contribution is -0.384. The summed E-state index contributed by atoms with van der Waals surface area (Å²) in [7, 11) is 0. The van der Waals surface area contributed by atoms with Crippen LogP contribution >= 0.6 is 0 Å². The van der Waals surface area contributed by atoms with Crippen molar-refractivity contribution in [1.82, 2.24) is 0 Å². The summed E-state index contributed by atoms with van der Waals surface area (Å²) in [5, 5.41) is 14.6. The fraction of sp³-hybridized carbons (Fsp3) is 0.571. The van der Waals surface area contributed by atoms with E-state index in [-0.39, 0.29) is 10.6 Å². The van der Waals surface area contributed by atoms with Gasteiger partial charge in [0.2, 0.25) is 0 Å². The highest BCUT2D eigenvalue weighted by molar-refractivity contribution is 5.78. The van der Waals surface area contributed by atoms with E-state index < -0.39 is 0 Å². The molecule has 1 N–H and O–H groups in total. The van der Waals surface area contributed by atoms with Crippen molar-refractivity contribution in [2.24, 2.45) is 5.92 Å². The van der Waals surface area contributed by atoms with Gasteiger partial charge in [0.15, 0.2) is 0 Å². The smallest absolute Gasteiger partial charge is 0.292 e. The lowest BCUT2D eigenvalue weighted by atomic mass is 9.97. The van der Waals surface area contributed by atoms with Gasteiger partial charge in [0.25, 0.3) is 5.69 Å². The van der Waals surface area contributed by atoms with Crippen molar-refractivity contribution in [2.45, 2.75) is 26.2 Å². The van der Waals surface area contributed by atoms with E-state index in [4.69, 9.17) is 0 Å². The van der Waals surface area contributed by atoms with Gasteiger partial charge in [-0.3, -0.25) is 10.1 Å². The maximum atomic E-state index is 11.3. The number of hydrogen-bond acceptors (Lipinski definition) is 4. The van der Waals surface area contributed by atoms with E-state index in [2.05, 4.69) is 17.1 Å². The number of benzene rings is 1. The summed E-state index contributed by atoms with van der Waals surface area (Å²) < 4.78 is 0. The number of hydrogen-bond donors (Lipinski definition) is 1. The first-order valence-electron chi connectivity index (χ1n) is 6.96. The molecule has 1 unspecified atom stereocenters. The summed E-state index contributed by atoms with van der Waals surface area (Å²) in [6, 6.07) is 3.49. The predicted molar refractivity (Wildman–Crippen MR) is 75.9 cm³/mol. The summed E-state index contributed by atoms with van der Waals surface area (Å²) >= 11 is 0. The molecule has 0 saturated carbocycles. The van der Waals surface area contributed by atoms with Gasteiger partial charge in [0.05, 0.1) is 4.92 Å². The number of rotatable bonds is 2. The van der Waals surface area contributed by atoms with Gasteiger partial charge in [0.1, 0.15) is 5.69 Å². The quantitative estimate of drug-likeness (QED) is 0.657. The SMILES string of the molecule is CC1CCCN(c2c([N+](=O)[O-])ccc3c2CCN3)C1. The summed E-state index contributed by atoms with van der Waals surface area (Å²) in [5.41, 5.74) is 3.32. The highest BCUT2D eigenvalue weighted by atomic mass is 16.6. The number of nitrogens with one attached hydrogen (secondary N) is 1. The second kappa shape index (κ2) is 4.72. The van der Waals surface area contributed by atoms with E-state index in [0.717, 1.165) is 49.4 Å². The van der Waals surface area contributed by atoms with Crippen LogP contribution in [0.1, 0.15) is 25.3 Å². The third-order valence-electron chi connectivity index (χ3n) is 4.12. The third kappa shape index (κ3) is 2.13. The van der Waals surface area contributed by atoms with Crippen LogP contribution < -0.4 is 10.2 Å². The monoisotopic (exact) mass is 261 g/mol. The van der Waals surface area contributed by atoms with E-state index in [0.29, 0.717) is 5.92 Å². The molecule has 0 radical (unpaired) electrons. The van der Waals surface area contributed by atoms with Crippen LogP contribution in [0.25, 0.3) is 0 Å². The Kier molecular flexibility index (Phi) is 3.05. The summed E-state index contributed by atoms with van der Waals surface area (Å²) in [4.78, 5) is 13.3. The number of fused-ring (bicyclic) bond motifs is 1. The molecule has 2 aliphatic heterocycles. The van der Waals surface area contributed by atoms with Crippen molar-refractivity contribution in [1.29, 1.82) is 0 Å². The number of nitrogens with zero attached hydrogens (tertiary/aromatic N) is 2. The number of nitro groups is 1. The molecule has 2 aliphatic rings. The van der Waals surface area contributed by atoms with Crippen molar-refractivity contribution >= 4 is 17.1 Å². The highest BCUT2D eigenvalue weighted by Gasteiger charge is 2.29. The van der Waals surface area contributed by atoms with Gasteiger partial charge in [-0.05, 0) is 31.2 Å². The van der Waals surface area contributed by atoms with Gasteiger partial charge in [0, 0.05) is 37.0 Å². The Morgan fingerprint density at radius 1 is 1.47 bits per heavy atom. The second-order valence-electron chi connectivity index (χ2n) is 5.59. The van der Waals surface area contributed by atoms with Crippen LogP contribution in [0.15, 0.2) is 12.1 Å². The van der Waals surface area contributed by atoms with Crippen LogP contribution in [0.3, 0.4) is 0 Å². The normalized spacial score (nSPS) is 21.9. The van der Waals surface area contributed by atoms with Gasteiger partial charge < -0.3 is 10.2 Å². The van der Waals surface area contributed by atoms with Gasteiger partial charge in [-0.2, -0.15) is 0 Å². The number of nitro benzene ring substituents is 1. The molecule has 1 fully saturated rings. The largest absolute Gasteiger partial charge is 0.384 e. The van der Waals surface area contributed by atoms with Gasteiger partial charge in [-0.25, -0.2) is 0 Å². The molecule has 19 heavy (non-hydrogen) atoms. The lowest BCUT2D eigenvalue weighted by Gasteiger charge is -2.33. The van der Waals surface area contributed by atoms with Crippen molar-refractivity contribution < 1.29 is 4.92 Å². The zero-order valence-electron chi connectivity index (χ0n) is 11.2. The lowest BCUT2D eigenvalue weighted by Crippen LogP contribution is -2.35. The Morgan fingerprint density at radius 3 is 3.05 bits per heavy atom. The molecule has 0 aromatic heterocycles. The molecule has 0 aliphatic carbocycles. The van der Waals surface area contributed by atoms with Crippen molar-refractivity contribution in [3.63, 3.8) is 0 Å². The summed E-state index contributed by atoms with van der Waals surface area (Å²) in [5.74, 6) is 0.610. The summed E-state index contributed by atoms with van der Waals surface area (Å²) in [6.45, 7) is 4.96. The van der Waals surface area contributed by atoms with Crippen LogP contribution in [-0.4, -0.2) is 24.6 Å². The Labute approximate surface area is 112 Å². The van der Waals surface area contributed by atoms with E-state index in [1.54, 1.807) is 6.07 Å². The molecule has 1 aromatic carbocycles. The van der Waals surface area contributed by atoms with Crippen LogP contribution in [0.4, 0.5) is 17.1 Å². The highest BCUT2D eigenvalue weighted by Crippen LogP contribution is 2.40. The standard InChI is InChI=1S/C14H19N3O2/c1-10-3-2-8-16(9-10)14-11-6-7-15-12(11)4-5-13(14)17(18)19/h4-5,10,15H,2-3,6-9H2,1H3. The molecule has 5 heteroatoms. The minimum Gasteiger partial charge on any atom is -0.384 e. The zero-order valence-corrected chi connectivity index (χ0v) is 11.2. The maximum absolute atomic E-state index is 11.3. The first-order chi connectivity index (χ1) is 9.16. The molecular formula is C14H19N3O2. The summed E-state index contributed by atoms with van der Waals surface area (Å²) in [6.07, 6.45) is 3.23. The van der Waals surface area contributed by atoms with E-state index in [1.165, 1.54) is 6.42 Å². The molecular weight excluding hydrogens is 242 g/mol. The van der Waals surface area contributed by atoms with Crippen molar-refractivity contribution in [3.05, 3.63) is 27.8 Å². The molecule has 0 spiro atoms. The Hall–Kier alpha value is -1.78. The van der Waals surface area contributed by atoms with E-state index in [9.17, 15) is 10.1 Å². The molecule has 1 saturated heterocycles. The van der Waals surface area contributed by atoms with Crippen LogP contribution in [0.2, 0.25) is 0 Å². The van der Waals surface area contributed by atoms with Gasteiger partial charge >= 0.3 is 0 Å². The molecule has 1 aromatic rings. The Morgan fingerprint density at radius 2 is 2.32 bits per heavy atom. The van der Waals surface area contributed by atoms with Crippen molar-refractivity contribution in [2.75, 3.05) is 29.9 Å². The van der Waals surface area contributed by atoms with Crippen LogP contribution in [0, 0.1) is 16.0 Å². The van der Waals surface area contributed by atoms with Gasteiger partial charge in [-0.15, -0.1) is 0 Å². The second-order valence-corrected chi connectivity index (χ2v) is 5.59. The average Bonchev–Trinajstić information content (AvgIpc) is 2.85. The number of piperidine rings is 1. The molecule has 5 nitrogen and oxygen atoms in total. The first kappa shape index (κ1) is 12.3. The predicted octanol–water partition coefficient (Wildman–Crippen LogP) is 2.80. The average molecular weight is 261 g/mol. The molecule has 0 bridgehead atoms. The topological polar surface area (TPSA) is 58.4 Å². The first-order valence-corrected chi connectivity index (χ1v) is 6.96. The molecule has 3 rings (SSSR count). The Balaban J connectivity index is 2.06. The molecule has 2 heterocycles. The van der Waals surface area contributed by atoms with Crippen LogP contribution in [0.5, 0.6) is 0 Å².